The highest BCUT2D eigenvalue weighted by Crippen LogP contribution is 2.48. The van der Waals surface area contributed by atoms with E-state index in [4.69, 9.17) is 0 Å². The number of hydrogen-bond acceptors (Lipinski definition) is 2. The van der Waals surface area contributed by atoms with Crippen LogP contribution < -0.4 is 0 Å². The molecule has 0 spiro atoms. The summed E-state index contributed by atoms with van der Waals surface area (Å²) in [5, 5.41) is 0. The van der Waals surface area contributed by atoms with Gasteiger partial charge < -0.3 is 4.57 Å². The average molecular weight is 223 g/mol. The number of carbonyl (C=O) groups excluding carboxylic acids is 1. The van der Waals surface area contributed by atoms with E-state index >= 15 is 0 Å². The highest BCUT2D eigenvalue weighted by molar-refractivity contribution is 8.00. The first kappa shape index (κ1) is 10.8. The SMILES string of the molecule is CSC1(Cn2c(C)cc(C=O)c2C)CC1. The Morgan fingerprint density at radius 1 is 1.53 bits per heavy atom. The Hall–Kier alpha value is -0.700. The van der Waals surface area contributed by atoms with E-state index in [-0.39, 0.29) is 0 Å². The van der Waals surface area contributed by atoms with E-state index in [9.17, 15) is 4.79 Å². The van der Waals surface area contributed by atoms with E-state index in [1.807, 2.05) is 24.8 Å². The zero-order chi connectivity index (χ0) is 11.1. The van der Waals surface area contributed by atoms with Crippen LogP contribution in [0.15, 0.2) is 6.07 Å². The molecule has 1 aliphatic carbocycles. The quantitative estimate of drug-likeness (QED) is 0.732. The molecule has 0 radical (unpaired) electrons. The van der Waals surface area contributed by atoms with E-state index in [1.165, 1.54) is 18.5 Å². The third-order valence-corrected chi connectivity index (χ3v) is 4.83. The van der Waals surface area contributed by atoms with Gasteiger partial charge in [0.2, 0.25) is 0 Å². The Morgan fingerprint density at radius 2 is 2.20 bits per heavy atom. The molecule has 1 aliphatic rings. The number of aldehydes is 1. The zero-order valence-electron chi connectivity index (χ0n) is 9.54. The predicted octanol–water partition coefficient (Wildman–Crippen LogP) is 2.81. The predicted molar refractivity (Wildman–Crippen MR) is 64.8 cm³/mol. The van der Waals surface area contributed by atoms with Crippen molar-refractivity contribution < 1.29 is 4.79 Å². The Bertz CT molecular complexity index is 391. The van der Waals surface area contributed by atoms with E-state index < -0.39 is 0 Å². The largest absolute Gasteiger partial charge is 0.347 e. The van der Waals surface area contributed by atoms with Gasteiger partial charge in [-0.25, -0.2) is 0 Å². The second kappa shape index (κ2) is 3.71. The molecule has 1 heterocycles. The van der Waals surface area contributed by atoms with Gasteiger partial charge in [0.1, 0.15) is 0 Å². The normalized spacial score (nSPS) is 17.8. The lowest BCUT2D eigenvalue weighted by Gasteiger charge is -2.16. The maximum Gasteiger partial charge on any atom is 0.151 e. The number of carbonyl (C=O) groups is 1. The summed E-state index contributed by atoms with van der Waals surface area (Å²) >= 11 is 1.96. The molecule has 0 N–H and O–H groups in total. The molecule has 1 fully saturated rings. The van der Waals surface area contributed by atoms with Crippen LogP contribution in [0.25, 0.3) is 0 Å². The van der Waals surface area contributed by atoms with Crippen LogP contribution in [0.4, 0.5) is 0 Å². The first-order valence-electron chi connectivity index (χ1n) is 5.29. The third kappa shape index (κ3) is 1.85. The average Bonchev–Trinajstić information content (AvgIpc) is 2.96. The van der Waals surface area contributed by atoms with Crippen LogP contribution >= 0.6 is 11.8 Å². The van der Waals surface area contributed by atoms with Crippen LogP contribution in [0.5, 0.6) is 0 Å². The van der Waals surface area contributed by atoms with Gasteiger partial charge in [0.15, 0.2) is 6.29 Å². The maximum atomic E-state index is 10.8. The molecule has 0 aliphatic heterocycles. The van der Waals surface area contributed by atoms with Crippen molar-refractivity contribution in [2.24, 2.45) is 0 Å². The minimum absolute atomic E-state index is 0.453. The summed E-state index contributed by atoms with van der Waals surface area (Å²) in [4.78, 5) is 10.8. The Morgan fingerprint density at radius 3 is 2.60 bits per heavy atom. The molecule has 1 aromatic heterocycles. The van der Waals surface area contributed by atoms with Crippen molar-refractivity contribution in [3.8, 4) is 0 Å². The van der Waals surface area contributed by atoms with Gasteiger partial charge in [-0.15, -0.1) is 0 Å². The van der Waals surface area contributed by atoms with Gasteiger partial charge in [-0.3, -0.25) is 4.79 Å². The van der Waals surface area contributed by atoms with Gasteiger partial charge in [-0.1, -0.05) is 0 Å². The third-order valence-electron chi connectivity index (χ3n) is 3.43. The van der Waals surface area contributed by atoms with Crippen LogP contribution in [-0.2, 0) is 6.54 Å². The lowest BCUT2D eigenvalue weighted by atomic mass is 10.3. The summed E-state index contributed by atoms with van der Waals surface area (Å²) in [5.41, 5.74) is 3.15. The zero-order valence-corrected chi connectivity index (χ0v) is 10.4. The number of aromatic nitrogens is 1. The number of aryl methyl sites for hydroxylation is 1. The molecule has 1 aromatic rings. The van der Waals surface area contributed by atoms with E-state index in [0.29, 0.717) is 4.75 Å². The smallest absolute Gasteiger partial charge is 0.151 e. The fourth-order valence-corrected chi connectivity index (χ4v) is 2.81. The second-order valence-corrected chi connectivity index (χ2v) is 5.69. The highest BCUT2D eigenvalue weighted by Gasteiger charge is 2.42. The molecule has 0 saturated heterocycles. The molecule has 0 bridgehead atoms. The van der Waals surface area contributed by atoms with Gasteiger partial charge in [0, 0.05) is 28.2 Å². The van der Waals surface area contributed by atoms with E-state index in [0.717, 1.165) is 24.1 Å². The number of rotatable bonds is 4. The van der Waals surface area contributed by atoms with E-state index in [2.05, 4.69) is 17.7 Å². The van der Waals surface area contributed by atoms with Crippen LogP contribution in [0.3, 0.4) is 0 Å². The lowest BCUT2D eigenvalue weighted by molar-refractivity contribution is 0.112. The molecule has 15 heavy (non-hydrogen) atoms. The van der Waals surface area contributed by atoms with E-state index in [1.54, 1.807) is 0 Å². The Labute approximate surface area is 95.0 Å². The molecule has 0 aromatic carbocycles. The Kier molecular flexibility index (Phi) is 2.67. The first-order chi connectivity index (χ1) is 7.12. The van der Waals surface area contributed by atoms with Crippen molar-refractivity contribution in [2.75, 3.05) is 6.26 Å². The minimum atomic E-state index is 0.453. The number of nitrogens with zero attached hydrogens (tertiary/aromatic N) is 1. The molecule has 3 heteroatoms. The van der Waals surface area contributed by atoms with Crippen LogP contribution in [0.1, 0.15) is 34.6 Å². The van der Waals surface area contributed by atoms with Crippen LogP contribution in [-0.4, -0.2) is 21.9 Å². The number of hydrogen-bond donors (Lipinski definition) is 0. The molecule has 0 atom stereocenters. The molecule has 0 unspecified atom stereocenters. The molecule has 2 nitrogen and oxygen atoms in total. The van der Waals surface area contributed by atoms with Crippen molar-refractivity contribution in [3.05, 3.63) is 23.0 Å². The van der Waals surface area contributed by atoms with Gasteiger partial charge in [-0.2, -0.15) is 11.8 Å². The molecule has 82 valence electrons. The Balaban J connectivity index is 2.28. The van der Waals surface area contributed by atoms with Crippen molar-refractivity contribution in [1.82, 2.24) is 4.57 Å². The van der Waals surface area contributed by atoms with Crippen LogP contribution in [0, 0.1) is 13.8 Å². The summed E-state index contributed by atoms with van der Waals surface area (Å²) < 4.78 is 2.74. The van der Waals surface area contributed by atoms with Gasteiger partial charge in [0.05, 0.1) is 0 Å². The van der Waals surface area contributed by atoms with Crippen molar-refractivity contribution in [2.45, 2.75) is 38.0 Å². The fraction of sp³-hybridized carbons (Fsp3) is 0.583. The molecular formula is C12H17NOS. The molecule has 1 saturated carbocycles. The highest BCUT2D eigenvalue weighted by atomic mass is 32.2. The first-order valence-corrected chi connectivity index (χ1v) is 6.51. The summed E-state index contributed by atoms with van der Waals surface area (Å²) in [6.45, 7) is 5.17. The fourth-order valence-electron chi connectivity index (χ4n) is 2.04. The van der Waals surface area contributed by atoms with Gasteiger partial charge in [-0.05, 0) is 39.0 Å². The topological polar surface area (TPSA) is 22.0 Å². The molecular weight excluding hydrogens is 206 g/mol. The molecule has 0 amide bonds. The van der Waals surface area contributed by atoms with Crippen molar-refractivity contribution in [1.29, 1.82) is 0 Å². The standard InChI is InChI=1S/C12H17NOS/c1-9-6-11(7-14)10(2)13(9)8-12(15-3)4-5-12/h6-7H,4-5,8H2,1-3H3. The summed E-state index contributed by atoms with van der Waals surface area (Å²) in [7, 11) is 0. The van der Waals surface area contributed by atoms with Crippen LogP contribution in [0.2, 0.25) is 0 Å². The summed E-state index contributed by atoms with van der Waals surface area (Å²) in [6.07, 6.45) is 5.75. The monoisotopic (exact) mass is 223 g/mol. The summed E-state index contributed by atoms with van der Waals surface area (Å²) in [5.74, 6) is 0. The van der Waals surface area contributed by atoms with Gasteiger partial charge >= 0.3 is 0 Å². The second-order valence-electron chi connectivity index (χ2n) is 4.42. The van der Waals surface area contributed by atoms with Gasteiger partial charge in [0.25, 0.3) is 0 Å². The summed E-state index contributed by atoms with van der Waals surface area (Å²) in [6, 6.07) is 1.98. The lowest BCUT2D eigenvalue weighted by Crippen LogP contribution is -2.15. The number of thioether (sulfide) groups is 1. The molecule has 2 rings (SSSR count). The van der Waals surface area contributed by atoms with Crippen molar-refractivity contribution >= 4 is 18.0 Å². The maximum absolute atomic E-state index is 10.8. The minimum Gasteiger partial charge on any atom is -0.347 e. The van der Waals surface area contributed by atoms with Crippen molar-refractivity contribution in [3.63, 3.8) is 0 Å².